The summed E-state index contributed by atoms with van der Waals surface area (Å²) in [7, 11) is 0. The minimum Gasteiger partial charge on any atom is -0.484 e. The number of nitrogens with zero attached hydrogens (tertiary/aromatic N) is 2. The zero-order valence-electron chi connectivity index (χ0n) is 16.4. The number of nitrogens with one attached hydrogen (secondary N) is 1. The van der Waals surface area contributed by atoms with Gasteiger partial charge in [-0.3, -0.25) is 4.79 Å². The van der Waals surface area contributed by atoms with E-state index < -0.39 is 0 Å². The zero-order valence-corrected chi connectivity index (χ0v) is 16.4. The molecular weight excluding hydrogens is 354 g/mol. The Morgan fingerprint density at radius 2 is 1.79 bits per heavy atom. The molecule has 1 heterocycles. The normalized spacial score (nSPS) is 11.2. The summed E-state index contributed by atoms with van der Waals surface area (Å²) in [6.45, 7) is 7.14. The lowest BCUT2D eigenvalue weighted by Gasteiger charge is -2.19. The van der Waals surface area contributed by atoms with Gasteiger partial charge in [0.25, 0.3) is 5.91 Å². The molecule has 28 heavy (non-hydrogen) atoms. The zero-order chi connectivity index (χ0) is 20.0. The smallest absolute Gasteiger partial charge is 0.257 e. The Kier molecular flexibility index (Phi) is 6.09. The lowest BCUT2D eigenvalue weighted by molar-refractivity contribution is -0.123. The second-order valence-corrected chi connectivity index (χ2v) is 7.60. The van der Waals surface area contributed by atoms with E-state index in [1.54, 1.807) is 12.1 Å². The molecule has 0 fully saturated rings. The van der Waals surface area contributed by atoms with E-state index in [1.165, 1.54) is 17.5 Å². The van der Waals surface area contributed by atoms with E-state index >= 15 is 0 Å². The maximum Gasteiger partial charge on any atom is 0.257 e. The molecule has 0 aliphatic heterocycles. The van der Waals surface area contributed by atoms with Crippen LogP contribution >= 0.6 is 0 Å². The van der Waals surface area contributed by atoms with E-state index in [9.17, 15) is 4.79 Å². The summed E-state index contributed by atoms with van der Waals surface area (Å²) in [5.41, 5.74) is 3.45. The standard InChI is InChI=1S/C22H25N3O3/c1-22(2,3)18-8-4-16(5-9-18)12-13-23-20(26)14-27-19-10-6-17(7-11-19)21-25-24-15-28-21/h4-11,15H,12-14H2,1-3H3,(H,23,26). The third-order valence-corrected chi connectivity index (χ3v) is 4.39. The molecule has 0 unspecified atom stereocenters. The van der Waals surface area contributed by atoms with Crippen molar-refractivity contribution in [1.82, 2.24) is 15.5 Å². The van der Waals surface area contributed by atoms with Gasteiger partial charge in [0.1, 0.15) is 5.75 Å². The molecule has 0 aliphatic carbocycles. The van der Waals surface area contributed by atoms with Crippen LogP contribution in [0.4, 0.5) is 0 Å². The van der Waals surface area contributed by atoms with Crippen LogP contribution in [-0.2, 0) is 16.6 Å². The van der Waals surface area contributed by atoms with Crippen LogP contribution in [0.1, 0.15) is 31.9 Å². The fourth-order valence-corrected chi connectivity index (χ4v) is 2.71. The molecule has 0 spiro atoms. The topological polar surface area (TPSA) is 77.2 Å². The van der Waals surface area contributed by atoms with Crippen molar-refractivity contribution in [3.63, 3.8) is 0 Å². The number of carbonyl (C=O) groups is 1. The van der Waals surface area contributed by atoms with E-state index in [0.717, 1.165) is 12.0 Å². The highest BCUT2D eigenvalue weighted by atomic mass is 16.5. The maximum atomic E-state index is 12.0. The summed E-state index contributed by atoms with van der Waals surface area (Å²) in [6, 6.07) is 15.7. The molecule has 0 radical (unpaired) electrons. The van der Waals surface area contributed by atoms with Gasteiger partial charge >= 0.3 is 0 Å². The molecule has 2 aromatic carbocycles. The van der Waals surface area contributed by atoms with Crippen LogP contribution in [0.2, 0.25) is 0 Å². The van der Waals surface area contributed by atoms with Gasteiger partial charge in [0, 0.05) is 12.1 Å². The first-order valence-corrected chi connectivity index (χ1v) is 9.27. The number of benzene rings is 2. The Morgan fingerprint density at radius 1 is 1.07 bits per heavy atom. The Bertz CT molecular complexity index is 880. The van der Waals surface area contributed by atoms with Crippen LogP contribution in [0, 0.1) is 0 Å². The van der Waals surface area contributed by atoms with Crippen molar-refractivity contribution < 1.29 is 13.9 Å². The number of rotatable bonds is 7. The monoisotopic (exact) mass is 379 g/mol. The third-order valence-electron chi connectivity index (χ3n) is 4.39. The largest absolute Gasteiger partial charge is 0.484 e. The summed E-state index contributed by atoms with van der Waals surface area (Å²) in [6.07, 6.45) is 2.07. The highest BCUT2D eigenvalue weighted by Gasteiger charge is 2.12. The molecule has 1 N–H and O–H groups in total. The minimum atomic E-state index is -0.146. The van der Waals surface area contributed by atoms with Crippen LogP contribution in [0.15, 0.2) is 59.3 Å². The Labute approximate surface area is 164 Å². The fourth-order valence-electron chi connectivity index (χ4n) is 2.71. The number of amides is 1. The van der Waals surface area contributed by atoms with Crippen LogP contribution in [0.5, 0.6) is 5.75 Å². The molecule has 1 amide bonds. The molecule has 0 saturated carbocycles. The van der Waals surface area contributed by atoms with Crippen molar-refractivity contribution in [2.75, 3.05) is 13.2 Å². The average Bonchev–Trinajstić information content (AvgIpc) is 3.21. The van der Waals surface area contributed by atoms with Crippen molar-refractivity contribution in [3.05, 3.63) is 66.1 Å². The molecular formula is C22H25N3O3. The summed E-state index contributed by atoms with van der Waals surface area (Å²) in [5.74, 6) is 0.906. The molecule has 6 heteroatoms. The van der Waals surface area contributed by atoms with Crippen molar-refractivity contribution in [2.45, 2.75) is 32.6 Å². The van der Waals surface area contributed by atoms with Crippen molar-refractivity contribution >= 4 is 5.91 Å². The number of hydrogen-bond donors (Lipinski definition) is 1. The van der Waals surface area contributed by atoms with E-state index in [-0.39, 0.29) is 17.9 Å². The summed E-state index contributed by atoms with van der Waals surface area (Å²) < 4.78 is 10.7. The SMILES string of the molecule is CC(C)(C)c1ccc(CCNC(=O)COc2ccc(-c3nnco3)cc2)cc1. The Morgan fingerprint density at radius 3 is 2.39 bits per heavy atom. The third kappa shape index (κ3) is 5.42. The molecule has 0 aliphatic rings. The molecule has 1 aromatic heterocycles. The molecule has 6 nitrogen and oxygen atoms in total. The Balaban J connectivity index is 1.40. The molecule has 0 bridgehead atoms. The van der Waals surface area contributed by atoms with E-state index in [2.05, 4.69) is 60.6 Å². The van der Waals surface area contributed by atoms with Crippen LogP contribution in [-0.4, -0.2) is 29.3 Å². The highest BCUT2D eigenvalue weighted by Crippen LogP contribution is 2.22. The lowest BCUT2D eigenvalue weighted by atomic mass is 9.86. The van der Waals surface area contributed by atoms with Crippen molar-refractivity contribution in [3.8, 4) is 17.2 Å². The summed E-state index contributed by atoms with van der Waals surface area (Å²) in [4.78, 5) is 12.0. The van der Waals surface area contributed by atoms with Gasteiger partial charge < -0.3 is 14.5 Å². The fraction of sp³-hybridized carbons (Fsp3) is 0.318. The van der Waals surface area contributed by atoms with Gasteiger partial charge in [-0.25, -0.2) is 0 Å². The highest BCUT2D eigenvalue weighted by molar-refractivity contribution is 5.77. The van der Waals surface area contributed by atoms with Gasteiger partial charge in [-0.15, -0.1) is 10.2 Å². The minimum absolute atomic E-state index is 0.0249. The number of carbonyl (C=O) groups excluding carboxylic acids is 1. The van der Waals surface area contributed by atoms with Crippen molar-refractivity contribution in [1.29, 1.82) is 0 Å². The first-order chi connectivity index (χ1) is 13.4. The molecule has 3 rings (SSSR count). The molecule has 146 valence electrons. The maximum absolute atomic E-state index is 12.0. The predicted octanol–water partition coefficient (Wildman–Crippen LogP) is 3.77. The molecule has 3 aromatic rings. The Hall–Kier alpha value is -3.15. The second-order valence-electron chi connectivity index (χ2n) is 7.60. The second kappa shape index (κ2) is 8.69. The van der Waals surface area contributed by atoms with Gasteiger partial charge in [-0.1, -0.05) is 45.0 Å². The molecule has 0 saturated heterocycles. The number of aromatic nitrogens is 2. The van der Waals surface area contributed by atoms with Crippen molar-refractivity contribution in [2.24, 2.45) is 0 Å². The average molecular weight is 379 g/mol. The van der Waals surface area contributed by atoms with Crippen LogP contribution in [0.25, 0.3) is 11.5 Å². The number of hydrogen-bond acceptors (Lipinski definition) is 5. The summed E-state index contributed by atoms with van der Waals surface area (Å²) in [5, 5.41) is 10.4. The molecule has 0 atom stereocenters. The van der Waals surface area contributed by atoms with Gasteiger partial charge in [-0.05, 0) is 47.2 Å². The van der Waals surface area contributed by atoms with E-state index in [4.69, 9.17) is 9.15 Å². The first-order valence-electron chi connectivity index (χ1n) is 9.27. The van der Waals surface area contributed by atoms with Gasteiger partial charge in [0.05, 0.1) is 0 Å². The quantitative estimate of drug-likeness (QED) is 0.676. The predicted molar refractivity (Wildman–Crippen MR) is 107 cm³/mol. The van der Waals surface area contributed by atoms with E-state index in [0.29, 0.717) is 18.2 Å². The van der Waals surface area contributed by atoms with Crippen LogP contribution < -0.4 is 10.1 Å². The first kappa shape index (κ1) is 19.6. The summed E-state index contributed by atoms with van der Waals surface area (Å²) >= 11 is 0. The lowest BCUT2D eigenvalue weighted by Crippen LogP contribution is -2.30. The number of ether oxygens (including phenoxy) is 1. The van der Waals surface area contributed by atoms with Gasteiger partial charge in [0.2, 0.25) is 12.3 Å². The van der Waals surface area contributed by atoms with Crippen LogP contribution in [0.3, 0.4) is 0 Å². The van der Waals surface area contributed by atoms with Gasteiger partial charge in [-0.2, -0.15) is 0 Å². The van der Waals surface area contributed by atoms with Gasteiger partial charge in [0.15, 0.2) is 6.61 Å². The van der Waals surface area contributed by atoms with E-state index in [1.807, 2.05) is 12.1 Å².